The van der Waals surface area contributed by atoms with Crippen molar-refractivity contribution in [3.05, 3.63) is 90.1 Å². The number of carboxylic acids is 2. The fourth-order valence-corrected chi connectivity index (χ4v) is 6.36. The number of carbonyl (C=O) groups is 7. The second kappa shape index (κ2) is 23.3. The molecule has 4 aromatic rings. The number of amides is 5. The number of aromatic amines is 2. The summed E-state index contributed by atoms with van der Waals surface area (Å²) in [7, 11) is 0. The quantitative estimate of drug-likeness (QED) is 0.0214. The summed E-state index contributed by atoms with van der Waals surface area (Å²) in [5, 5.41) is 42.5. The van der Waals surface area contributed by atoms with Crippen LogP contribution < -0.4 is 43.4 Å². The zero-order chi connectivity index (χ0) is 44.3. The van der Waals surface area contributed by atoms with Crippen LogP contribution in [0.5, 0.6) is 0 Å². The molecule has 0 unspecified atom stereocenters. The number of aromatic nitrogens is 3. The Bertz CT molecular complexity index is 2130. The normalized spacial score (nSPS) is 13.4. The Hall–Kier alpha value is -7.29. The van der Waals surface area contributed by atoms with Gasteiger partial charge in [0.15, 0.2) is 5.96 Å². The number of para-hydroxylation sites is 1. The van der Waals surface area contributed by atoms with Gasteiger partial charge in [0.1, 0.15) is 24.2 Å². The highest BCUT2D eigenvalue weighted by Gasteiger charge is 2.33. The number of nitrogens with zero attached hydrogens (tertiary/aromatic N) is 1. The largest absolute Gasteiger partial charge is 0.481 e. The fraction of sp³-hybridized carbons (Fsp3) is 0.375. The number of benzene rings is 2. The summed E-state index contributed by atoms with van der Waals surface area (Å²) in [6.07, 6.45) is 3.83. The maximum atomic E-state index is 14.3. The van der Waals surface area contributed by atoms with E-state index in [0.29, 0.717) is 16.8 Å². The first-order valence-corrected chi connectivity index (χ1v) is 19.5. The summed E-state index contributed by atoms with van der Waals surface area (Å²) in [6, 6.07) is 9.38. The summed E-state index contributed by atoms with van der Waals surface area (Å²) < 4.78 is 0. The molecule has 0 aliphatic rings. The van der Waals surface area contributed by atoms with E-state index in [2.05, 4.69) is 46.9 Å². The molecule has 0 saturated heterocycles. The molecule has 2 aromatic heterocycles. The molecule has 2 heterocycles. The van der Waals surface area contributed by atoms with Gasteiger partial charge in [-0.25, -0.2) is 4.98 Å². The van der Waals surface area contributed by atoms with Gasteiger partial charge < -0.3 is 63.5 Å². The minimum absolute atomic E-state index is 0.0107. The molecule has 21 heteroatoms. The van der Waals surface area contributed by atoms with Crippen molar-refractivity contribution >= 4 is 58.3 Å². The standard InChI is InChI=1S/C40H52N12O9/c41-27(19-34(55)56)35(57)50-32(18-25-21-44-22-48-25)39(61)51-30(16-23-8-2-1-3-9-23)38(60)49-29(12-6-15-46-40(42)43)37(59)52-31(36(58)45-14-7-13-33(53)54)17-24-20-47-28-11-5-4-10-26(24)28/h1-5,8-11,20-22,27,29-32,47H,6-7,12-19,41H2,(H,44,48)(H,45,58)(H,49,60)(H,50,57)(H,51,61)(H,52,59)(H,53,54)(H,55,56)(H4,42,43,46)/t27-,29-,30+,31-,32-/m0/s1. The Kier molecular flexibility index (Phi) is 17.8. The molecule has 0 aliphatic carbocycles. The molecule has 4 rings (SSSR count). The molecule has 0 fully saturated rings. The third-order valence-corrected chi connectivity index (χ3v) is 9.46. The minimum Gasteiger partial charge on any atom is -0.481 e. The van der Waals surface area contributed by atoms with Gasteiger partial charge in [-0.1, -0.05) is 48.5 Å². The third kappa shape index (κ3) is 15.4. The second-order valence-electron chi connectivity index (χ2n) is 14.2. The summed E-state index contributed by atoms with van der Waals surface area (Å²) in [5.41, 5.74) is 13.7. The van der Waals surface area contributed by atoms with Crippen molar-refractivity contribution in [3.8, 4) is 0 Å². The van der Waals surface area contributed by atoms with E-state index < -0.39 is 78.1 Å². The molecule has 0 saturated carbocycles. The van der Waals surface area contributed by atoms with Gasteiger partial charge in [0, 0.05) is 62.1 Å². The van der Waals surface area contributed by atoms with Crippen LogP contribution in [0, 0.1) is 5.41 Å². The predicted molar refractivity (Wildman–Crippen MR) is 221 cm³/mol. The number of imidazole rings is 1. The fourth-order valence-electron chi connectivity index (χ4n) is 6.36. The lowest BCUT2D eigenvalue weighted by Gasteiger charge is -2.27. The van der Waals surface area contributed by atoms with Crippen LogP contribution in [0.25, 0.3) is 10.9 Å². The molecule has 0 aliphatic heterocycles. The average Bonchev–Trinajstić information content (AvgIpc) is 3.89. The lowest BCUT2D eigenvalue weighted by Crippen LogP contribution is -2.60. The molecular weight excluding hydrogens is 793 g/mol. The van der Waals surface area contributed by atoms with Crippen molar-refractivity contribution in [2.24, 2.45) is 11.5 Å². The summed E-state index contributed by atoms with van der Waals surface area (Å²) in [4.78, 5) is 101. The van der Waals surface area contributed by atoms with E-state index in [1.54, 1.807) is 36.5 Å². The van der Waals surface area contributed by atoms with E-state index in [1.165, 1.54) is 12.5 Å². The molecule has 5 amide bonds. The van der Waals surface area contributed by atoms with Gasteiger partial charge in [-0.3, -0.25) is 39.0 Å². The SMILES string of the molecule is N=C(N)NCCC[C@H](NC(=O)[C@@H](Cc1ccccc1)NC(=O)[C@H](Cc1c[nH]cn1)NC(=O)[C@@H](N)CC(=O)O)C(=O)N[C@@H](Cc1c[nH]c2ccccc12)C(=O)NCCCC(=O)O. The Morgan fingerprint density at radius 1 is 0.689 bits per heavy atom. The lowest BCUT2D eigenvalue weighted by atomic mass is 10.0. The number of H-pyrrole nitrogens is 2. The average molecular weight is 845 g/mol. The van der Waals surface area contributed by atoms with E-state index in [9.17, 15) is 33.6 Å². The van der Waals surface area contributed by atoms with Crippen molar-refractivity contribution < 1.29 is 43.8 Å². The topological polar surface area (TPSA) is 352 Å². The number of rotatable bonds is 25. The summed E-state index contributed by atoms with van der Waals surface area (Å²) in [6.45, 7) is 0.177. The predicted octanol–water partition coefficient (Wildman–Crippen LogP) is -1.10. The van der Waals surface area contributed by atoms with E-state index >= 15 is 0 Å². The lowest BCUT2D eigenvalue weighted by molar-refractivity contribution is -0.140. The molecule has 21 nitrogen and oxygen atoms in total. The van der Waals surface area contributed by atoms with Crippen LogP contribution in [0.4, 0.5) is 0 Å². The smallest absolute Gasteiger partial charge is 0.305 e. The van der Waals surface area contributed by atoms with Gasteiger partial charge in [0.25, 0.3) is 0 Å². The number of fused-ring (bicyclic) bond motifs is 1. The van der Waals surface area contributed by atoms with Gasteiger partial charge in [-0.2, -0.15) is 0 Å². The van der Waals surface area contributed by atoms with Gasteiger partial charge in [-0.15, -0.1) is 0 Å². The molecule has 0 spiro atoms. The van der Waals surface area contributed by atoms with Gasteiger partial charge >= 0.3 is 11.9 Å². The highest BCUT2D eigenvalue weighted by Crippen LogP contribution is 2.19. The van der Waals surface area contributed by atoms with Crippen LogP contribution in [0.15, 0.2) is 73.3 Å². The first-order valence-electron chi connectivity index (χ1n) is 19.5. The van der Waals surface area contributed by atoms with Gasteiger partial charge in [-0.05, 0) is 36.5 Å². The summed E-state index contributed by atoms with van der Waals surface area (Å²) in [5.74, 6) is -6.56. The number of nitrogens with one attached hydrogen (secondary N) is 9. The molecular formula is C40H52N12O9. The van der Waals surface area contributed by atoms with Crippen LogP contribution in [-0.2, 0) is 52.8 Å². The van der Waals surface area contributed by atoms with Crippen molar-refractivity contribution in [2.75, 3.05) is 13.1 Å². The van der Waals surface area contributed by atoms with Crippen LogP contribution in [0.3, 0.4) is 0 Å². The number of nitrogens with two attached hydrogens (primary N) is 2. The monoisotopic (exact) mass is 844 g/mol. The van der Waals surface area contributed by atoms with Gasteiger partial charge in [0.2, 0.25) is 29.5 Å². The molecule has 15 N–H and O–H groups in total. The first kappa shape index (κ1) is 46.4. The van der Waals surface area contributed by atoms with Crippen LogP contribution >= 0.6 is 0 Å². The molecule has 5 atom stereocenters. The maximum absolute atomic E-state index is 14.3. The van der Waals surface area contributed by atoms with Crippen molar-refractivity contribution in [1.29, 1.82) is 5.41 Å². The first-order chi connectivity index (χ1) is 29.2. The number of carboxylic acid groups (broad SMARTS) is 2. The van der Waals surface area contributed by atoms with Crippen LogP contribution in [0.2, 0.25) is 0 Å². The number of guanidine groups is 1. The molecule has 61 heavy (non-hydrogen) atoms. The van der Waals surface area contributed by atoms with E-state index in [0.717, 1.165) is 10.9 Å². The Balaban J connectivity index is 1.61. The molecule has 326 valence electrons. The number of aliphatic carboxylic acids is 2. The highest BCUT2D eigenvalue weighted by molar-refractivity contribution is 5.97. The number of hydrogen-bond acceptors (Lipinski definition) is 10. The van der Waals surface area contributed by atoms with E-state index in [1.807, 2.05) is 24.3 Å². The minimum atomic E-state index is -1.49. The van der Waals surface area contributed by atoms with Gasteiger partial charge in [0.05, 0.1) is 24.5 Å². The zero-order valence-corrected chi connectivity index (χ0v) is 33.2. The molecule has 0 bridgehead atoms. The summed E-state index contributed by atoms with van der Waals surface area (Å²) >= 11 is 0. The Labute approximate surface area is 350 Å². The Morgan fingerprint density at radius 2 is 1.30 bits per heavy atom. The van der Waals surface area contributed by atoms with E-state index in [-0.39, 0.29) is 64.0 Å². The van der Waals surface area contributed by atoms with Crippen molar-refractivity contribution in [3.63, 3.8) is 0 Å². The van der Waals surface area contributed by atoms with E-state index in [4.69, 9.17) is 27.1 Å². The van der Waals surface area contributed by atoms with Crippen LogP contribution in [-0.4, -0.2) is 116 Å². The third-order valence-electron chi connectivity index (χ3n) is 9.46. The highest BCUT2D eigenvalue weighted by atomic mass is 16.4. The second-order valence-corrected chi connectivity index (χ2v) is 14.2. The molecule has 0 radical (unpaired) electrons. The number of carbonyl (C=O) groups excluding carboxylic acids is 5. The zero-order valence-electron chi connectivity index (χ0n) is 33.2. The van der Waals surface area contributed by atoms with Crippen molar-refractivity contribution in [2.45, 2.75) is 81.6 Å². The Morgan fingerprint density at radius 3 is 1.95 bits per heavy atom. The van der Waals surface area contributed by atoms with Crippen molar-refractivity contribution in [1.82, 2.24) is 46.9 Å². The van der Waals surface area contributed by atoms with Crippen LogP contribution in [0.1, 0.15) is 48.9 Å². The maximum Gasteiger partial charge on any atom is 0.305 e. The molecule has 2 aromatic carbocycles. The number of hydrogen-bond donors (Lipinski definition) is 13.